The van der Waals surface area contributed by atoms with Crippen LogP contribution in [0, 0.1) is 0 Å². The van der Waals surface area contributed by atoms with Crippen LogP contribution < -0.4 is 10.1 Å². The summed E-state index contributed by atoms with van der Waals surface area (Å²) in [6.07, 6.45) is 0.356. The average Bonchev–Trinajstić information content (AvgIpc) is 2.61. The minimum Gasteiger partial charge on any atom is -0.496 e. The Labute approximate surface area is 135 Å². The molecule has 5 heteroatoms. The zero-order valence-electron chi connectivity index (χ0n) is 13.1. The average molecular weight is 313 g/mol. The van der Waals surface area contributed by atoms with E-state index in [0.717, 1.165) is 5.56 Å². The Morgan fingerprint density at radius 1 is 1.00 bits per heavy atom. The Hall–Kier alpha value is -2.82. The number of esters is 1. The van der Waals surface area contributed by atoms with E-state index in [4.69, 9.17) is 9.47 Å². The van der Waals surface area contributed by atoms with Gasteiger partial charge in [0.25, 0.3) is 5.91 Å². The van der Waals surface area contributed by atoms with Gasteiger partial charge in [-0.3, -0.25) is 4.79 Å². The topological polar surface area (TPSA) is 64.6 Å². The van der Waals surface area contributed by atoms with Crippen LogP contribution in [-0.2, 0) is 16.0 Å². The van der Waals surface area contributed by atoms with Gasteiger partial charge in [0.1, 0.15) is 11.8 Å². The molecule has 5 nitrogen and oxygen atoms in total. The monoisotopic (exact) mass is 313 g/mol. The summed E-state index contributed by atoms with van der Waals surface area (Å²) in [4.78, 5) is 24.4. The molecule has 2 aromatic rings. The van der Waals surface area contributed by atoms with Gasteiger partial charge in [-0.25, -0.2) is 4.79 Å². The van der Waals surface area contributed by atoms with Crippen molar-refractivity contribution < 1.29 is 19.1 Å². The summed E-state index contributed by atoms with van der Waals surface area (Å²) >= 11 is 0. The van der Waals surface area contributed by atoms with Crippen LogP contribution in [-0.4, -0.2) is 32.1 Å². The van der Waals surface area contributed by atoms with Gasteiger partial charge < -0.3 is 14.8 Å². The summed E-state index contributed by atoms with van der Waals surface area (Å²) in [5.41, 5.74) is 1.31. The van der Waals surface area contributed by atoms with Crippen molar-refractivity contribution in [2.45, 2.75) is 12.5 Å². The molecule has 0 aromatic heterocycles. The van der Waals surface area contributed by atoms with Crippen LogP contribution in [0.25, 0.3) is 0 Å². The maximum absolute atomic E-state index is 12.4. The zero-order chi connectivity index (χ0) is 16.7. The van der Waals surface area contributed by atoms with Crippen LogP contribution in [0.3, 0.4) is 0 Å². The largest absolute Gasteiger partial charge is 0.496 e. The van der Waals surface area contributed by atoms with E-state index < -0.39 is 12.0 Å². The lowest BCUT2D eigenvalue weighted by Crippen LogP contribution is -2.43. The van der Waals surface area contributed by atoms with E-state index in [-0.39, 0.29) is 5.91 Å². The second-order valence-corrected chi connectivity index (χ2v) is 4.94. The number of hydrogen-bond acceptors (Lipinski definition) is 4. The molecule has 0 heterocycles. The smallest absolute Gasteiger partial charge is 0.328 e. The molecule has 1 amide bonds. The minimum atomic E-state index is -0.764. The zero-order valence-corrected chi connectivity index (χ0v) is 13.1. The van der Waals surface area contributed by atoms with Gasteiger partial charge in [-0.05, 0) is 17.7 Å². The molecule has 2 rings (SSSR count). The van der Waals surface area contributed by atoms with Crippen LogP contribution in [0.4, 0.5) is 0 Å². The molecule has 0 aliphatic rings. The summed E-state index contributed by atoms with van der Waals surface area (Å²) in [7, 11) is 2.80. The number of carbonyl (C=O) groups excluding carboxylic acids is 2. The normalized spacial score (nSPS) is 11.4. The van der Waals surface area contributed by atoms with Crippen LogP contribution in [0.15, 0.2) is 54.6 Å². The Balaban J connectivity index is 2.17. The number of nitrogens with one attached hydrogen (secondary N) is 1. The van der Waals surface area contributed by atoms with Gasteiger partial charge in [-0.1, -0.05) is 42.5 Å². The van der Waals surface area contributed by atoms with E-state index in [0.29, 0.717) is 17.7 Å². The molecule has 0 aliphatic carbocycles. The predicted octanol–water partition coefficient (Wildman–Crippen LogP) is 2.21. The summed E-state index contributed by atoms with van der Waals surface area (Å²) in [6.45, 7) is 0. The van der Waals surface area contributed by atoms with Gasteiger partial charge in [0.15, 0.2) is 0 Å². The number of amides is 1. The molecule has 0 saturated carbocycles. The molecule has 2 aromatic carbocycles. The lowest BCUT2D eigenvalue weighted by atomic mass is 10.1. The lowest BCUT2D eigenvalue weighted by molar-refractivity contribution is -0.142. The van der Waals surface area contributed by atoms with E-state index >= 15 is 0 Å². The number of rotatable bonds is 6. The van der Waals surface area contributed by atoms with Crippen LogP contribution in [0.2, 0.25) is 0 Å². The third kappa shape index (κ3) is 4.32. The first kappa shape index (κ1) is 16.5. The fraction of sp³-hybridized carbons (Fsp3) is 0.222. The van der Waals surface area contributed by atoms with Crippen LogP contribution in [0.1, 0.15) is 15.9 Å². The van der Waals surface area contributed by atoms with Gasteiger partial charge in [0.2, 0.25) is 0 Å². The van der Waals surface area contributed by atoms with E-state index in [1.165, 1.54) is 14.2 Å². The molecule has 0 radical (unpaired) electrons. The molecule has 1 unspecified atom stereocenters. The molecular weight excluding hydrogens is 294 g/mol. The number of ether oxygens (including phenoxy) is 2. The molecule has 0 aliphatic heterocycles. The summed E-state index contributed by atoms with van der Waals surface area (Å²) in [6, 6.07) is 15.5. The number of para-hydroxylation sites is 1. The maximum Gasteiger partial charge on any atom is 0.328 e. The quantitative estimate of drug-likeness (QED) is 0.831. The molecule has 0 fully saturated rings. The van der Waals surface area contributed by atoms with Crippen LogP contribution in [0.5, 0.6) is 5.75 Å². The Bertz CT molecular complexity index is 670. The van der Waals surface area contributed by atoms with Gasteiger partial charge in [-0.2, -0.15) is 0 Å². The second-order valence-electron chi connectivity index (χ2n) is 4.94. The molecule has 120 valence electrons. The van der Waals surface area contributed by atoms with E-state index in [1.807, 2.05) is 30.3 Å². The van der Waals surface area contributed by atoms with E-state index in [1.54, 1.807) is 24.3 Å². The summed E-state index contributed by atoms with van der Waals surface area (Å²) in [5.74, 6) is -0.417. The third-order valence-corrected chi connectivity index (χ3v) is 3.43. The third-order valence-electron chi connectivity index (χ3n) is 3.43. The molecule has 0 bridgehead atoms. The minimum absolute atomic E-state index is 0.356. The SMILES string of the molecule is COC(=O)C(Cc1ccccc1)NC(=O)c1ccccc1OC. The number of methoxy groups -OCH3 is 2. The van der Waals surface area contributed by atoms with Crippen molar-refractivity contribution in [2.24, 2.45) is 0 Å². The molecule has 1 N–H and O–H groups in total. The molecular formula is C18H19NO4. The van der Waals surface area contributed by atoms with Crippen molar-refractivity contribution in [1.29, 1.82) is 0 Å². The van der Waals surface area contributed by atoms with Crippen molar-refractivity contribution in [3.8, 4) is 5.75 Å². The maximum atomic E-state index is 12.4. The molecule has 0 spiro atoms. The predicted molar refractivity (Wildman–Crippen MR) is 86.4 cm³/mol. The van der Waals surface area contributed by atoms with E-state index in [2.05, 4.69) is 5.32 Å². The first-order valence-corrected chi connectivity index (χ1v) is 7.21. The summed E-state index contributed by atoms with van der Waals surface area (Å²) in [5, 5.41) is 2.71. The highest BCUT2D eigenvalue weighted by Gasteiger charge is 2.23. The lowest BCUT2D eigenvalue weighted by Gasteiger charge is -2.17. The highest BCUT2D eigenvalue weighted by atomic mass is 16.5. The highest BCUT2D eigenvalue weighted by Crippen LogP contribution is 2.17. The second kappa shape index (κ2) is 7.98. The molecule has 23 heavy (non-hydrogen) atoms. The highest BCUT2D eigenvalue weighted by molar-refractivity contribution is 5.99. The summed E-state index contributed by atoms with van der Waals surface area (Å²) < 4.78 is 9.97. The van der Waals surface area contributed by atoms with Crippen LogP contribution >= 0.6 is 0 Å². The van der Waals surface area contributed by atoms with Gasteiger partial charge in [0, 0.05) is 6.42 Å². The number of benzene rings is 2. The standard InChI is InChI=1S/C18H19NO4/c1-22-16-11-7-6-10-14(16)17(20)19-15(18(21)23-2)12-13-8-4-3-5-9-13/h3-11,15H,12H2,1-2H3,(H,19,20). The Morgan fingerprint density at radius 2 is 1.65 bits per heavy atom. The van der Waals surface area contributed by atoms with Gasteiger partial charge >= 0.3 is 5.97 Å². The number of hydrogen-bond donors (Lipinski definition) is 1. The Morgan fingerprint density at radius 3 is 2.30 bits per heavy atom. The van der Waals surface area contributed by atoms with Crippen molar-refractivity contribution in [2.75, 3.05) is 14.2 Å². The Kier molecular flexibility index (Phi) is 5.74. The fourth-order valence-corrected chi connectivity index (χ4v) is 2.25. The molecule has 0 saturated heterocycles. The first-order chi connectivity index (χ1) is 11.2. The number of carbonyl (C=O) groups is 2. The first-order valence-electron chi connectivity index (χ1n) is 7.21. The van der Waals surface area contributed by atoms with Crippen molar-refractivity contribution >= 4 is 11.9 Å². The molecule has 1 atom stereocenters. The van der Waals surface area contributed by atoms with Crippen molar-refractivity contribution in [3.05, 3.63) is 65.7 Å². The fourth-order valence-electron chi connectivity index (χ4n) is 2.25. The van der Waals surface area contributed by atoms with Gasteiger partial charge in [0.05, 0.1) is 19.8 Å². The van der Waals surface area contributed by atoms with Gasteiger partial charge in [-0.15, -0.1) is 0 Å². The van der Waals surface area contributed by atoms with E-state index in [9.17, 15) is 9.59 Å². The van der Waals surface area contributed by atoms with Crippen molar-refractivity contribution in [3.63, 3.8) is 0 Å². The van der Waals surface area contributed by atoms with Crippen molar-refractivity contribution in [1.82, 2.24) is 5.32 Å².